The van der Waals surface area contributed by atoms with Crippen molar-refractivity contribution in [2.45, 2.75) is 6.92 Å². The molecule has 1 aromatic carbocycles. The van der Waals surface area contributed by atoms with E-state index in [0.717, 1.165) is 0 Å². The Bertz CT molecular complexity index is 139. The van der Waals surface area contributed by atoms with Gasteiger partial charge in [-0.05, 0) is 6.92 Å². The third-order valence-corrected chi connectivity index (χ3v) is 0.940. The summed E-state index contributed by atoms with van der Waals surface area (Å²) in [5.41, 5.74) is 1.32. The highest BCUT2D eigenvalue weighted by Gasteiger charge is 1.72. The van der Waals surface area contributed by atoms with E-state index >= 15 is 0 Å². The molecule has 1 heteroatoms. The van der Waals surface area contributed by atoms with Gasteiger partial charge in [-0.15, -0.1) is 0 Å². The molecule has 0 radical (unpaired) electrons. The zero-order valence-electron chi connectivity index (χ0n) is 4.89. The van der Waals surface area contributed by atoms with Gasteiger partial charge < -0.3 is 5.48 Å². The smallest absolute Gasteiger partial charge is 0 e. The number of rotatable bonds is 0. The molecule has 1 aromatic rings. The lowest BCUT2D eigenvalue weighted by atomic mass is 10.2. The van der Waals surface area contributed by atoms with Crippen LogP contribution in [0.2, 0.25) is 0 Å². The van der Waals surface area contributed by atoms with Crippen LogP contribution in [0.15, 0.2) is 30.3 Å². The molecule has 0 amide bonds. The minimum absolute atomic E-state index is 0. The second-order valence-electron chi connectivity index (χ2n) is 1.65. The predicted molar refractivity (Wildman–Crippen MR) is 36.9 cm³/mol. The maximum Gasteiger partial charge on any atom is 0 e. The van der Waals surface area contributed by atoms with Crippen LogP contribution < -0.4 is 0 Å². The fraction of sp³-hybridized carbons (Fsp3) is 0.143. The molecule has 0 unspecified atom stereocenters. The first-order valence-electron chi connectivity index (χ1n) is 2.41. The number of aryl methyl sites for hydroxylation is 1. The number of hydrogen-bond acceptors (Lipinski definition) is 0. The number of benzene rings is 1. The summed E-state index contributed by atoms with van der Waals surface area (Å²) in [4.78, 5) is 0. The predicted octanol–water partition coefficient (Wildman–Crippen LogP) is 1.42. The molecule has 0 fully saturated rings. The van der Waals surface area contributed by atoms with Crippen LogP contribution in [0.25, 0.3) is 0 Å². The summed E-state index contributed by atoms with van der Waals surface area (Å²) >= 11 is 0. The quantitative estimate of drug-likeness (QED) is 0.486. The zero-order chi connectivity index (χ0) is 5.11. The Labute approximate surface area is 50.8 Å². The van der Waals surface area contributed by atoms with Gasteiger partial charge in [-0.1, -0.05) is 35.9 Å². The third-order valence-electron chi connectivity index (χ3n) is 0.940. The van der Waals surface area contributed by atoms with Crippen LogP contribution >= 0.6 is 0 Å². The fourth-order valence-corrected chi connectivity index (χ4v) is 0.534. The van der Waals surface area contributed by atoms with Gasteiger partial charge in [0.15, 0.2) is 0 Å². The molecule has 0 atom stereocenters. The molecule has 0 aromatic heterocycles. The van der Waals surface area contributed by atoms with Crippen LogP contribution in [-0.4, -0.2) is 5.48 Å². The second-order valence-corrected chi connectivity index (χ2v) is 1.65. The summed E-state index contributed by atoms with van der Waals surface area (Å²) in [5, 5.41) is 0. The Hall–Kier alpha value is -0.820. The Morgan fingerprint density at radius 1 is 1.12 bits per heavy atom. The maximum absolute atomic E-state index is 2.08. The van der Waals surface area contributed by atoms with Crippen molar-refractivity contribution in [3.05, 3.63) is 35.9 Å². The largest absolute Gasteiger partial charge is 0.412 e. The molecule has 1 nitrogen and oxygen atoms in total. The van der Waals surface area contributed by atoms with E-state index in [2.05, 4.69) is 19.1 Å². The summed E-state index contributed by atoms with van der Waals surface area (Å²) in [7, 11) is 0. The van der Waals surface area contributed by atoms with E-state index in [1.165, 1.54) is 5.56 Å². The Kier molecular flexibility index (Phi) is 2.89. The molecule has 46 valence electrons. The van der Waals surface area contributed by atoms with Crippen LogP contribution in [0.1, 0.15) is 6.99 Å². The first-order chi connectivity index (χ1) is 3.39. The molecule has 0 aliphatic heterocycles. The van der Waals surface area contributed by atoms with Gasteiger partial charge in [0, 0.05) is 1.43 Å². The normalized spacial score (nSPS) is 7.62. The standard InChI is InChI=1S/C7H8.H2O.H2/c1-7-5-3-2-4-6-7;;/h2-6H,1H3;1H2;1H. The van der Waals surface area contributed by atoms with Gasteiger partial charge in [0.25, 0.3) is 0 Å². The average Bonchev–Trinajstić information content (AvgIpc) is 1.69. The first kappa shape index (κ1) is 7.18. The Morgan fingerprint density at radius 2 is 1.62 bits per heavy atom. The highest BCUT2D eigenvalue weighted by molar-refractivity contribution is 5.11. The molecule has 0 spiro atoms. The van der Waals surface area contributed by atoms with E-state index in [4.69, 9.17) is 0 Å². The molecule has 8 heavy (non-hydrogen) atoms. The van der Waals surface area contributed by atoms with Crippen molar-refractivity contribution in [1.29, 1.82) is 0 Å². The lowest BCUT2D eigenvalue weighted by Gasteiger charge is -1.82. The topological polar surface area (TPSA) is 31.5 Å². The van der Waals surface area contributed by atoms with E-state index < -0.39 is 0 Å². The second kappa shape index (κ2) is 3.22. The van der Waals surface area contributed by atoms with Gasteiger partial charge in [0.1, 0.15) is 0 Å². The summed E-state index contributed by atoms with van der Waals surface area (Å²) in [6.45, 7) is 2.08. The highest BCUT2D eigenvalue weighted by Crippen LogP contribution is 1.92. The molecule has 0 aliphatic carbocycles. The van der Waals surface area contributed by atoms with Crippen molar-refractivity contribution in [1.82, 2.24) is 0 Å². The van der Waals surface area contributed by atoms with Crippen LogP contribution in [0.3, 0.4) is 0 Å². The van der Waals surface area contributed by atoms with Crippen LogP contribution in [0.5, 0.6) is 0 Å². The average molecular weight is 112 g/mol. The monoisotopic (exact) mass is 112 g/mol. The van der Waals surface area contributed by atoms with Crippen molar-refractivity contribution in [3.8, 4) is 0 Å². The van der Waals surface area contributed by atoms with Crippen molar-refractivity contribution in [3.63, 3.8) is 0 Å². The Morgan fingerprint density at radius 3 is 1.88 bits per heavy atom. The lowest BCUT2D eigenvalue weighted by Crippen LogP contribution is -1.62. The molecule has 1 rings (SSSR count). The van der Waals surface area contributed by atoms with Crippen LogP contribution in [0.4, 0.5) is 0 Å². The van der Waals surface area contributed by atoms with E-state index in [1.807, 2.05) is 18.2 Å². The van der Waals surface area contributed by atoms with Crippen LogP contribution in [0, 0.1) is 6.92 Å². The summed E-state index contributed by atoms with van der Waals surface area (Å²) in [6, 6.07) is 10.3. The highest BCUT2D eigenvalue weighted by atomic mass is 16.0. The Balaban J connectivity index is 0. The minimum Gasteiger partial charge on any atom is -0.412 e. The minimum atomic E-state index is 0. The van der Waals surface area contributed by atoms with Gasteiger partial charge in [0.2, 0.25) is 0 Å². The third kappa shape index (κ3) is 1.76. The molecule has 0 heterocycles. The van der Waals surface area contributed by atoms with Crippen molar-refractivity contribution in [2.24, 2.45) is 0 Å². The SMILES string of the molecule is Cc1ccccc1.O.[HH]. The van der Waals surface area contributed by atoms with Crippen molar-refractivity contribution < 1.29 is 6.90 Å². The van der Waals surface area contributed by atoms with E-state index in [-0.39, 0.29) is 6.90 Å². The fourth-order valence-electron chi connectivity index (χ4n) is 0.534. The van der Waals surface area contributed by atoms with E-state index in [1.54, 1.807) is 0 Å². The lowest BCUT2D eigenvalue weighted by molar-refractivity contribution is 0.824. The molecular formula is C7H12O. The van der Waals surface area contributed by atoms with E-state index in [0.29, 0.717) is 0 Å². The van der Waals surface area contributed by atoms with Gasteiger partial charge >= 0.3 is 0 Å². The summed E-state index contributed by atoms with van der Waals surface area (Å²) < 4.78 is 0. The zero-order valence-corrected chi connectivity index (χ0v) is 4.89. The molecular weight excluding hydrogens is 100 g/mol. The van der Waals surface area contributed by atoms with Crippen molar-refractivity contribution >= 4 is 0 Å². The maximum atomic E-state index is 2.08. The van der Waals surface area contributed by atoms with Gasteiger partial charge in [-0.2, -0.15) is 0 Å². The summed E-state index contributed by atoms with van der Waals surface area (Å²) in [5.74, 6) is 0. The van der Waals surface area contributed by atoms with E-state index in [9.17, 15) is 0 Å². The molecule has 0 bridgehead atoms. The van der Waals surface area contributed by atoms with Crippen molar-refractivity contribution in [2.75, 3.05) is 0 Å². The summed E-state index contributed by atoms with van der Waals surface area (Å²) in [6.07, 6.45) is 0. The van der Waals surface area contributed by atoms with Gasteiger partial charge in [0.05, 0.1) is 0 Å². The molecule has 0 saturated carbocycles. The van der Waals surface area contributed by atoms with Gasteiger partial charge in [-0.3, -0.25) is 0 Å². The molecule has 2 N–H and O–H groups in total. The van der Waals surface area contributed by atoms with Gasteiger partial charge in [-0.25, -0.2) is 0 Å². The molecule has 0 saturated heterocycles. The molecule has 0 aliphatic rings. The number of hydrogen-bond donors (Lipinski definition) is 0. The first-order valence-corrected chi connectivity index (χ1v) is 2.41. The van der Waals surface area contributed by atoms with Crippen LogP contribution in [-0.2, 0) is 0 Å².